The van der Waals surface area contributed by atoms with Gasteiger partial charge in [-0.15, -0.1) is 0 Å². The van der Waals surface area contributed by atoms with Crippen molar-refractivity contribution in [1.82, 2.24) is 9.55 Å². The number of hydrogen-bond donors (Lipinski definition) is 1. The van der Waals surface area contributed by atoms with Gasteiger partial charge in [0.15, 0.2) is 4.77 Å². The Morgan fingerprint density at radius 3 is 2.86 bits per heavy atom. The van der Waals surface area contributed by atoms with Crippen molar-refractivity contribution in [1.29, 1.82) is 0 Å². The number of fused-ring (bicyclic) bond motifs is 1. The molecule has 114 valence electrons. The SMILES string of the molecule is CCC1(CC)CC(n2c(=S)[nH]c3cc(C)ccc32)CCO1. The minimum absolute atomic E-state index is 0.0198. The Kier molecular flexibility index (Phi) is 3.93. The maximum Gasteiger partial charge on any atom is 0.178 e. The third-order valence-electron chi connectivity index (χ3n) is 4.99. The highest BCUT2D eigenvalue weighted by Crippen LogP contribution is 2.38. The number of aryl methyl sites for hydroxylation is 1. The molecule has 1 saturated heterocycles. The zero-order valence-electron chi connectivity index (χ0n) is 13.1. The quantitative estimate of drug-likeness (QED) is 0.816. The van der Waals surface area contributed by atoms with Crippen molar-refractivity contribution in [2.24, 2.45) is 0 Å². The summed E-state index contributed by atoms with van der Waals surface area (Å²) in [5.74, 6) is 0. The molecule has 0 radical (unpaired) electrons. The van der Waals surface area contributed by atoms with Crippen LogP contribution in [0.25, 0.3) is 11.0 Å². The minimum Gasteiger partial charge on any atom is -0.375 e. The number of ether oxygens (including phenoxy) is 1. The van der Waals surface area contributed by atoms with E-state index in [1.807, 2.05) is 0 Å². The Morgan fingerprint density at radius 2 is 2.14 bits per heavy atom. The molecule has 4 heteroatoms. The average Bonchev–Trinajstić information content (AvgIpc) is 2.82. The van der Waals surface area contributed by atoms with E-state index in [1.54, 1.807) is 0 Å². The molecule has 1 fully saturated rings. The molecule has 0 saturated carbocycles. The van der Waals surface area contributed by atoms with Crippen molar-refractivity contribution in [3.63, 3.8) is 0 Å². The third kappa shape index (κ3) is 2.55. The smallest absolute Gasteiger partial charge is 0.178 e. The van der Waals surface area contributed by atoms with Crippen molar-refractivity contribution in [3.8, 4) is 0 Å². The molecule has 1 aliphatic rings. The van der Waals surface area contributed by atoms with Crippen LogP contribution >= 0.6 is 12.2 Å². The summed E-state index contributed by atoms with van der Waals surface area (Å²) in [5.41, 5.74) is 3.64. The lowest BCUT2D eigenvalue weighted by Gasteiger charge is -2.40. The van der Waals surface area contributed by atoms with Crippen LogP contribution in [0, 0.1) is 11.7 Å². The lowest BCUT2D eigenvalue weighted by molar-refractivity contribution is -0.0983. The topological polar surface area (TPSA) is 29.9 Å². The molecule has 1 atom stereocenters. The number of nitrogens with zero attached hydrogens (tertiary/aromatic N) is 1. The first-order valence-corrected chi connectivity index (χ1v) is 8.34. The third-order valence-corrected chi connectivity index (χ3v) is 5.29. The van der Waals surface area contributed by atoms with Crippen molar-refractivity contribution < 1.29 is 4.74 Å². The lowest BCUT2D eigenvalue weighted by atomic mass is 9.86. The van der Waals surface area contributed by atoms with Crippen LogP contribution in [0.3, 0.4) is 0 Å². The Hall–Kier alpha value is -1.13. The van der Waals surface area contributed by atoms with Crippen LogP contribution in [-0.4, -0.2) is 21.8 Å². The summed E-state index contributed by atoms with van der Waals surface area (Å²) < 4.78 is 9.25. The number of aromatic amines is 1. The molecular formula is C17H24N2OS. The first-order chi connectivity index (χ1) is 10.1. The van der Waals surface area contributed by atoms with Crippen LogP contribution in [0.15, 0.2) is 18.2 Å². The van der Waals surface area contributed by atoms with Gasteiger partial charge < -0.3 is 14.3 Å². The molecule has 1 aliphatic heterocycles. The molecule has 2 heterocycles. The predicted octanol–water partition coefficient (Wildman–Crippen LogP) is 4.92. The van der Waals surface area contributed by atoms with Gasteiger partial charge in [0.2, 0.25) is 0 Å². The zero-order valence-corrected chi connectivity index (χ0v) is 13.9. The van der Waals surface area contributed by atoms with E-state index in [9.17, 15) is 0 Å². The van der Waals surface area contributed by atoms with E-state index in [0.29, 0.717) is 6.04 Å². The largest absolute Gasteiger partial charge is 0.375 e. The van der Waals surface area contributed by atoms with E-state index in [1.165, 1.54) is 11.1 Å². The zero-order chi connectivity index (χ0) is 15.0. The number of H-pyrrole nitrogens is 1. The molecule has 0 aliphatic carbocycles. The summed E-state index contributed by atoms with van der Waals surface area (Å²) in [6.07, 6.45) is 4.22. The van der Waals surface area contributed by atoms with E-state index in [0.717, 1.165) is 42.6 Å². The number of imidazole rings is 1. The van der Waals surface area contributed by atoms with E-state index < -0.39 is 0 Å². The lowest BCUT2D eigenvalue weighted by Crippen LogP contribution is -2.39. The molecule has 1 aromatic heterocycles. The molecule has 3 nitrogen and oxygen atoms in total. The van der Waals surface area contributed by atoms with Gasteiger partial charge in [-0.3, -0.25) is 0 Å². The first-order valence-electron chi connectivity index (χ1n) is 7.93. The predicted molar refractivity (Wildman–Crippen MR) is 89.4 cm³/mol. The van der Waals surface area contributed by atoms with E-state index in [-0.39, 0.29) is 5.60 Å². The highest BCUT2D eigenvalue weighted by molar-refractivity contribution is 7.71. The van der Waals surface area contributed by atoms with Crippen LogP contribution in [0.5, 0.6) is 0 Å². The molecule has 0 spiro atoms. The highest BCUT2D eigenvalue weighted by Gasteiger charge is 2.35. The van der Waals surface area contributed by atoms with Gasteiger partial charge in [-0.25, -0.2) is 0 Å². The van der Waals surface area contributed by atoms with Gasteiger partial charge in [0.25, 0.3) is 0 Å². The molecule has 1 N–H and O–H groups in total. The van der Waals surface area contributed by atoms with Crippen LogP contribution in [0.2, 0.25) is 0 Å². The minimum atomic E-state index is 0.0198. The average molecular weight is 304 g/mol. The Balaban J connectivity index is 2.04. The Labute approximate surface area is 131 Å². The van der Waals surface area contributed by atoms with Gasteiger partial charge in [0, 0.05) is 12.6 Å². The number of aromatic nitrogens is 2. The summed E-state index contributed by atoms with van der Waals surface area (Å²) in [6, 6.07) is 6.95. The Morgan fingerprint density at radius 1 is 1.38 bits per heavy atom. The maximum atomic E-state index is 6.11. The summed E-state index contributed by atoms with van der Waals surface area (Å²) in [7, 11) is 0. The normalized spacial score (nSPS) is 21.8. The number of hydrogen-bond acceptors (Lipinski definition) is 2. The molecule has 0 bridgehead atoms. The van der Waals surface area contributed by atoms with Crippen LogP contribution in [0.1, 0.15) is 51.1 Å². The summed E-state index contributed by atoms with van der Waals surface area (Å²) >= 11 is 5.59. The highest BCUT2D eigenvalue weighted by atomic mass is 32.1. The van der Waals surface area contributed by atoms with Crippen LogP contribution in [-0.2, 0) is 4.74 Å². The summed E-state index contributed by atoms with van der Waals surface area (Å²) in [4.78, 5) is 3.37. The van der Waals surface area contributed by atoms with Crippen LogP contribution < -0.4 is 0 Å². The van der Waals surface area contributed by atoms with Crippen molar-refractivity contribution in [2.45, 2.75) is 58.1 Å². The van der Waals surface area contributed by atoms with Crippen molar-refractivity contribution in [2.75, 3.05) is 6.61 Å². The molecule has 1 aromatic carbocycles. The van der Waals surface area contributed by atoms with Gasteiger partial charge in [-0.2, -0.15) is 0 Å². The number of rotatable bonds is 3. The number of nitrogens with one attached hydrogen (secondary N) is 1. The van der Waals surface area contributed by atoms with Gasteiger partial charge in [-0.1, -0.05) is 19.9 Å². The van der Waals surface area contributed by atoms with Crippen LogP contribution in [0.4, 0.5) is 0 Å². The fraction of sp³-hybridized carbons (Fsp3) is 0.588. The first kappa shape index (κ1) is 14.8. The Bertz CT molecular complexity index is 696. The number of benzene rings is 1. The molecule has 1 unspecified atom stereocenters. The molecule has 3 rings (SSSR count). The summed E-state index contributed by atoms with van der Waals surface area (Å²) in [6.45, 7) is 7.39. The fourth-order valence-electron chi connectivity index (χ4n) is 3.57. The second-order valence-corrected chi connectivity index (χ2v) is 6.59. The molecular weight excluding hydrogens is 280 g/mol. The van der Waals surface area contributed by atoms with Crippen molar-refractivity contribution >= 4 is 23.3 Å². The molecule has 0 amide bonds. The van der Waals surface area contributed by atoms with E-state index in [2.05, 4.69) is 48.5 Å². The molecule has 2 aromatic rings. The van der Waals surface area contributed by atoms with Gasteiger partial charge >= 0.3 is 0 Å². The maximum absolute atomic E-state index is 6.11. The fourth-order valence-corrected chi connectivity index (χ4v) is 3.93. The second kappa shape index (κ2) is 5.58. The van der Waals surface area contributed by atoms with E-state index >= 15 is 0 Å². The van der Waals surface area contributed by atoms with E-state index in [4.69, 9.17) is 17.0 Å². The van der Waals surface area contributed by atoms with Gasteiger partial charge in [0.05, 0.1) is 16.6 Å². The summed E-state index contributed by atoms with van der Waals surface area (Å²) in [5, 5.41) is 0. The van der Waals surface area contributed by atoms with Gasteiger partial charge in [-0.05, 0) is 62.5 Å². The molecule has 21 heavy (non-hydrogen) atoms. The van der Waals surface area contributed by atoms with Gasteiger partial charge in [0.1, 0.15) is 0 Å². The monoisotopic (exact) mass is 304 g/mol. The second-order valence-electron chi connectivity index (χ2n) is 6.21. The van der Waals surface area contributed by atoms with Crippen molar-refractivity contribution in [3.05, 3.63) is 28.5 Å². The standard InChI is InChI=1S/C17H24N2OS/c1-4-17(5-2)11-13(8-9-20-17)19-15-7-6-12(3)10-14(15)18-16(19)21/h6-7,10,13H,4-5,8-9,11H2,1-3H3,(H,18,21).